The molecule has 1 rings (SSSR count). The molecule has 1 N–H and O–H groups in total. The Hall–Kier alpha value is 0.0969. The van der Waals surface area contributed by atoms with E-state index in [2.05, 4.69) is 33.9 Å². The van der Waals surface area contributed by atoms with Crippen molar-refractivity contribution in [2.75, 3.05) is 6.61 Å². The van der Waals surface area contributed by atoms with Crippen LogP contribution in [0.1, 0.15) is 34.1 Å². The van der Waals surface area contributed by atoms with Gasteiger partial charge in [-0.25, -0.2) is 0 Å². The lowest BCUT2D eigenvalue weighted by Crippen LogP contribution is -2.45. The molecule has 0 spiro atoms. The second-order valence-electron chi connectivity index (χ2n) is 6.30. The van der Waals surface area contributed by atoms with Crippen molar-refractivity contribution >= 4 is 8.32 Å². The lowest BCUT2D eigenvalue weighted by atomic mass is 10.2. The normalized spacial score (nSPS) is 32.1. The Morgan fingerprint density at radius 1 is 1.38 bits per heavy atom. The molecule has 1 aliphatic rings. The van der Waals surface area contributed by atoms with Crippen LogP contribution < -0.4 is 0 Å². The molecule has 96 valence electrons. The molecular weight excluding hydrogens is 220 g/mol. The Balaban J connectivity index is 2.61. The Morgan fingerprint density at radius 3 is 2.31 bits per heavy atom. The zero-order chi connectivity index (χ0) is 12.6. The smallest absolute Gasteiger partial charge is 0.192 e. The van der Waals surface area contributed by atoms with Gasteiger partial charge in [0.1, 0.15) is 0 Å². The first-order valence-corrected chi connectivity index (χ1v) is 9.02. The fourth-order valence-electron chi connectivity index (χ4n) is 1.71. The molecule has 0 saturated carbocycles. The van der Waals surface area contributed by atoms with Crippen molar-refractivity contribution < 1.29 is 14.3 Å². The number of hydrogen-bond donors (Lipinski definition) is 1. The molecule has 0 radical (unpaired) electrons. The van der Waals surface area contributed by atoms with Crippen LogP contribution in [-0.4, -0.2) is 38.3 Å². The maximum Gasteiger partial charge on any atom is 0.192 e. The fourth-order valence-corrected chi connectivity index (χ4v) is 3.11. The van der Waals surface area contributed by atoms with E-state index in [1.54, 1.807) is 0 Å². The van der Waals surface area contributed by atoms with Crippen LogP contribution in [0, 0.1) is 0 Å². The van der Waals surface area contributed by atoms with Gasteiger partial charge in [0.25, 0.3) is 0 Å². The van der Waals surface area contributed by atoms with Crippen LogP contribution in [0.5, 0.6) is 0 Å². The second kappa shape index (κ2) is 4.76. The predicted octanol–water partition coefficient (Wildman–Crippen LogP) is 2.55. The van der Waals surface area contributed by atoms with Gasteiger partial charge in [-0.15, -0.1) is 0 Å². The third-order valence-electron chi connectivity index (χ3n) is 3.88. The summed E-state index contributed by atoms with van der Waals surface area (Å²) >= 11 is 0. The molecule has 0 aromatic carbocycles. The van der Waals surface area contributed by atoms with E-state index >= 15 is 0 Å². The monoisotopic (exact) mass is 246 g/mol. The van der Waals surface area contributed by atoms with Gasteiger partial charge in [-0.05, 0) is 25.1 Å². The van der Waals surface area contributed by atoms with E-state index in [1.807, 2.05) is 6.92 Å². The molecule has 0 unspecified atom stereocenters. The Bertz CT molecular complexity index is 235. The van der Waals surface area contributed by atoms with Crippen molar-refractivity contribution in [2.45, 2.75) is 70.6 Å². The van der Waals surface area contributed by atoms with Gasteiger partial charge in [0, 0.05) is 6.42 Å². The fraction of sp³-hybridized carbons (Fsp3) is 1.00. The molecule has 1 aliphatic heterocycles. The van der Waals surface area contributed by atoms with Crippen LogP contribution in [0.4, 0.5) is 0 Å². The Labute approximate surface area is 100 Å². The highest BCUT2D eigenvalue weighted by molar-refractivity contribution is 6.74. The highest BCUT2D eigenvalue weighted by Gasteiger charge is 2.43. The number of ether oxygens (including phenoxy) is 1. The predicted molar refractivity (Wildman–Crippen MR) is 68.1 cm³/mol. The summed E-state index contributed by atoms with van der Waals surface area (Å²) in [6.45, 7) is 13.4. The SMILES string of the molecule is C[C@@H]1O[C@H](CO)C[C@@H]1O[Si](C)(C)C(C)(C)C. The summed E-state index contributed by atoms with van der Waals surface area (Å²) in [7, 11) is -1.72. The van der Waals surface area contributed by atoms with Gasteiger partial charge in [-0.2, -0.15) is 0 Å². The van der Waals surface area contributed by atoms with Crippen LogP contribution in [0.2, 0.25) is 18.1 Å². The average Bonchev–Trinajstić information content (AvgIpc) is 2.44. The second-order valence-corrected chi connectivity index (χ2v) is 11.1. The molecule has 0 amide bonds. The van der Waals surface area contributed by atoms with Gasteiger partial charge in [0.2, 0.25) is 0 Å². The van der Waals surface area contributed by atoms with Crippen molar-refractivity contribution in [1.29, 1.82) is 0 Å². The third-order valence-corrected chi connectivity index (χ3v) is 8.39. The van der Waals surface area contributed by atoms with E-state index in [0.717, 1.165) is 6.42 Å². The van der Waals surface area contributed by atoms with Crippen molar-refractivity contribution in [3.63, 3.8) is 0 Å². The average molecular weight is 246 g/mol. The Morgan fingerprint density at radius 2 is 1.94 bits per heavy atom. The molecule has 1 fully saturated rings. The standard InChI is InChI=1S/C12H26O3Si/c1-9-11(7-10(8-13)14-9)15-16(5,6)12(2,3)4/h9-11,13H,7-8H2,1-6H3/t9-,10-,11-/m0/s1. The first-order valence-electron chi connectivity index (χ1n) is 6.11. The van der Waals surface area contributed by atoms with Gasteiger partial charge in [-0.3, -0.25) is 0 Å². The van der Waals surface area contributed by atoms with Crippen LogP contribution in [0.25, 0.3) is 0 Å². The van der Waals surface area contributed by atoms with Crippen LogP contribution in [0.15, 0.2) is 0 Å². The lowest BCUT2D eigenvalue weighted by molar-refractivity contribution is 0.00261. The van der Waals surface area contributed by atoms with E-state index in [0.29, 0.717) is 0 Å². The molecule has 0 aliphatic carbocycles. The molecule has 16 heavy (non-hydrogen) atoms. The van der Waals surface area contributed by atoms with Gasteiger partial charge in [0.05, 0.1) is 24.9 Å². The number of aliphatic hydroxyl groups excluding tert-OH is 1. The van der Waals surface area contributed by atoms with Crippen molar-refractivity contribution in [3.8, 4) is 0 Å². The third kappa shape index (κ3) is 3.06. The largest absolute Gasteiger partial charge is 0.411 e. The van der Waals surface area contributed by atoms with Crippen molar-refractivity contribution in [3.05, 3.63) is 0 Å². The minimum absolute atomic E-state index is 0.0373. The van der Waals surface area contributed by atoms with E-state index in [1.165, 1.54) is 0 Å². The quantitative estimate of drug-likeness (QED) is 0.778. The Kier molecular flexibility index (Phi) is 4.22. The zero-order valence-corrected chi connectivity index (χ0v) is 12.4. The van der Waals surface area contributed by atoms with E-state index in [4.69, 9.17) is 14.3 Å². The van der Waals surface area contributed by atoms with Gasteiger partial charge in [0.15, 0.2) is 8.32 Å². The highest BCUT2D eigenvalue weighted by atomic mass is 28.4. The van der Waals surface area contributed by atoms with Gasteiger partial charge in [-0.1, -0.05) is 20.8 Å². The number of aliphatic hydroxyl groups is 1. The number of hydrogen-bond acceptors (Lipinski definition) is 3. The first kappa shape index (κ1) is 14.2. The molecule has 3 atom stereocenters. The maximum atomic E-state index is 9.09. The summed E-state index contributed by atoms with van der Waals surface area (Å²) in [5, 5.41) is 9.32. The molecule has 1 saturated heterocycles. The molecule has 0 bridgehead atoms. The van der Waals surface area contributed by atoms with Crippen molar-refractivity contribution in [2.24, 2.45) is 0 Å². The topological polar surface area (TPSA) is 38.7 Å². The van der Waals surface area contributed by atoms with Crippen molar-refractivity contribution in [1.82, 2.24) is 0 Å². The molecule has 4 heteroatoms. The lowest BCUT2D eigenvalue weighted by Gasteiger charge is -2.39. The molecule has 1 heterocycles. The molecule has 0 aromatic rings. The van der Waals surface area contributed by atoms with Gasteiger partial charge >= 0.3 is 0 Å². The summed E-state index contributed by atoms with van der Waals surface area (Å²) in [6, 6.07) is 0. The minimum atomic E-state index is -1.72. The van der Waals surface area contributed by atoms with E-state index in [-0.39, 0.29) is 30.0 Å². The maximum absolute atomic E-state index is 9.09. The molecular formula is C12H26O3Si. The first-order chi connectivity index (χ1) is 7.17. The minimum Gasteiger partial charge on any atom is -0.411 e. The number of rotatable bonds is 3. The van der Waals surface area contributed by atoms with Crippen LogP contribution in [0.3, 0.4) is 0 Å². The summed E-state index contributed by atoms with van der Waals surface area (Å²) in [4.78, 5) is 0. The highest BCUT2D eigenvalue weighted by Crippen LogP contribution is 2.39. The zero-order valence-electron chi connectivity index (χ0n) is 11.4. The molecule has 3 nitrogen and oxygen atoms in total. The van der Waals surface area contributed by atoms with Crippen LogP contribution >= 0.6 is 0 Å². The molecule has 0 aromatic heterocycles. The summed E-state index contributed by atoms with van der Waals surface area (Å²) < 4.78 is 11.9. The summed E-state index contributed by atoms with van der Waals surface area (Å²) in [5.41, 5.74) is 0. The summed E-state index contributed by atoms with van der Waals surface area (Å²) in [6.07, 6.45) is 1.04. The van der Waals surface area contributed by atoms with Gasteiger partial charge < -0.3 is 14.3 Å². The van der Waals surface area contributed by atoms with Crippen LogP contribution in [-0.2, 0) is 9.16 Å². The van der Waals surface area contributed by atoms with E-state index < -0.39 is 8.32 Å². The van der Waals surface area contributed by atoms with E-state index in [9.17, 15) is 0 Å². The summed E-state index contributed by atoms with van der Waals surface area (Å²) in [5.74, 6) is 0.